The molecule has 0 saturated heterocycles. The molecule has 3 N–H and O–H groups in total. The summed E-state index contributed by atoms with van der Waals surface area (Å²) in [7, 11) is 0. The second-order valence-corrected chi connectivity index (χ2v) is 5.56. The second-order valence-electron chi connectivity index (χ2n) is 5.21. The summed E-state index contributed by atoms with van der Waals surface area (Å²) in [6.45, 7) is 2.22. The van der Waals surface area contributed by atoms with Crippen molar-refractivity contribution >= 4 is 23.2 Å². The number of nitrogen functional groups attached to an aromatic ring is 1. The molecule has 0 radical (unpaired) electrons. The summed E-state index contributed by atoms with van der Waals surface area (Å²) in [6, 6.07) is 1.82. The first kappa shape index (κ1) is 14.1. The fraction of sp³-hybridized carbons (Fsp3) is 0.571. The third kappa shape index (κ3) is 3.60. The molecule has 104 valence electrons. The molecule has 4 nitrogen and oxygen atoms in total. The van der Waals surface area contributed by atoms with Crippen LogP contribution in [-0.4, -0.2) is 16.9 Å². The lowest BCUT2D eigenvalue weighted by Crippen LogP contribution is -2.37. The van der Waals surface area contributed by atoms with E-state index in [-0.39, 0.29) is 17.1 Å². The molecule has 0 bridgehead atoms. The Morgan fingerprint density at radius 1 is 1.47 bits per heavy atom. The van der Waals surface area contributed by atoms with Crippen molar-refractivity contribution < 1.29 is 4.79 Å². The zero-order valence-electron chi connectivity index (χ0n) is 11.2. The Kier molecular flexibility index (Phi) is 4.64. The predicted molar refractivity (Wildman–Crippen MR) is 77.2 cm³/mol. The Morgan fingerprint density at radius 2 is 2.16 bits per heavy atom. The van der Waals surface area contributed by atoms with Gasteiger partial charge in [0.1, 0.15) is 5.15 Å². The Hall–Kier alpha value is -1.29. The number of nitrogens with zero attached hydrogens (tertiary/aromatic N) is 1. The van der Waals surface area contributed by atoms with Gasteiger partial charge in [-0.1, -0.05) is 24.9 Å². The number of rotatable bonds is 3. The van der Waals surface area contributed by atoms with Crippen molar-refractivity contribution in [3.8, 4) is 0 Å². The van der Waals surface area contributed by atoms with Crippen molar-refractivity contribution in [3.05, 3.63) is 23.0 Å². The van der Waals surface area contributed by atoms with E-state index >= 15 is 0 Å². The Labute approximate surface area is 118 Å². The van der Waals surface area contributed by atoms with Crippen LogP contribution in [0.5, 0.6) is 0 Å². The van der Waals surface area contributed by atoms with Gasteiger partial charge in [0, 0.05) is 6.04 Å². The van der Waals surface area contributed by atoms with E-state index < -0.39 is 0 Å². The monoisotopic (exact) mass is 281 g/mol. The molecule has 1 amide bonds. The first-order valence-electron chi connectivity index (χ1n) is 6.82. The molecular weight excluding hydrogens is 262 g/mol. The van der Waals surface area contributed by atoms with Gasteiger partial charge >= 0.3 is 0 Å². The van der Waals surface area contributed by atoms with Gasteiger partial charge in [-0.3, -0.25) is 4.79 Å². The Bertz CT molecular complexity index is 456. The van der Waals surface area contributed by atoms with E-state index in [2.05, 4.69) is 17.2 Å². The van der Waals surface area contributed by atoms with Crippen LogP contribution in [0.1, 0.15) is 49.4 Å². The average Bonchev–Trinajstić information content (AvgIpc) is 2.42. The fourth-order valence-corrected chi connectivity index (χ4v) is 2.79. The highest BCUT2D eigenvalue weighted by atomic mass is 35.5. The van der Waals surface area contributed by atoms with E-state index in [1.807, 2.05) is 0 Å². The maximum Gasteiger partial charge on any atom is 0.254 e. The van der Waals surface area contributed by atoms with Gasteiger partial charge in [0.2, 0.25) is 0 Å². The Morgan fingerprint density at radius 3 is 2.79 bits per heavy atom. The van der Waals surface area contributed by atoms with E-state index in [0.717, 1.165) is 18.8 Å². The number of nitrogens with two attached hydrogens (primary N) is 1. The number of halogens is 1. The standard InChI is InChI=1S/C14H20ClN3O/c1-2-9-3-5-11(6-4-9)18-14(19)12-7-10(16)8-17-13(12)15/h7-9,11H,2-6,16H2,1H3,(H,18,19). The van der Waals surface area contributed by atoms with Gasteiger partial charge in [-0.05, 0) is 37.7 Å². The molecule has 19 heavy (non-hydrogen) atoms. The maximum atomic E-state index is 12.1. The summed E-state index contributed by atoms with van der Waals surface area (Å²) in [6.07, 6.45) is 7.13. The molecule has 5 heteroatoms. The summed E-state index contributed by atoms with van der Waals surface area (Å²) in [5.74, 6) is 0.635. The first-order valence-corrected chi connectivity index (χ1v) is 7.19. The third-order valence-electron chi connectivity index (χ3n) is 3.86. The number of pyridine rings is 1. The number of anilines is 1. The van der Waals surface area contributed by atoms with E-state index in [1.165, 1.54) is 25.5 Å². The van der Waals surface area contributed by atoms with Crippen molar-refractivity contribution in [2.24, 2.45) is 5.92 Å². The first-order chi connectivity index (χ1) is 9.10. The van der Waals surface area contributed by atoms with Crippen molar-refractivity contribution in [1.29, 1.82) is 0 Å². The van der Waals surface area contributed by atoms with Gasteiger partial charge < -0.3 is 11.1 Å². The second kappa shape index (κ2) is 6.24. The van der Waals surface area contributed by atoms with Gasteiger partial charge in [0.05, 0.1) is 17.4 Å². The lowest BCUT2D eigenvalue weighted by molar-refractivity contribution is 0.0921. The van der Waals surface area contributed by atoms with Crippen LogP contribution in [-0.2, 0) is 0 Å². The van der Waals surface area contributed by atoms with Crippen LogP contribution in [0.4, 0.5) is 5.69 Å². The SMILES string of the molecule is CCC1CCC(NC(=O)c2cc(N)cnc2Cl)CC1. The number of carbonyl (C=O) groups excluding carboxylic acids is 1. The summed E-state index contributed by atoms with van der Waals surface area (Å²) in [4.78, 5) is 16.0. The van der Waals surface area contributed by atoms with Gasteiger partial charge in [-0.15, -0.1) is 0 Å². The van der Waals surface area contributed by atoms with Crippen LogP contribution in [0.25, 0.3) is 0 Å². The number of aromatic nitrogens is 1. The molecule has 1 heterocycles. The number of hydrogen-bond donors (Lipinski definition) is 2. The predicted octanol–water partition coefficient (Wildman–Crippen LogP) is 3.02. The summed E-state index contributed by atoms with van der Waals surface area (Å²) < 4.78 is 0. The topological polar surface area (TPSA) is 68.0 Å². The fourth-order valence-electron chi connectivity index (χ4n) is 2.60. The van der Waals surface area contributed by atoms with Gasteiger partial charge in [0.25, 0.3) is 5.91 Å². The lowest BCUT2D eigenvalue weighted by atomic mass is 9.84. The molecule has 0 aromatic carbocycles. The quantitative estimate of drug-likeness (QED) is 0.837. The van der Waals surface area contributed by atoms with Gasteiger partial charge in [0.15, 0.2) is 0 Å². The largest absolute Gasteiger partial charge is 0.397 e. The third-order valence-corrected chi connectivity index (χ3v) is 4.17. The lowest BCUT2D eigenvalue weighted by Gasteiger charge is -2.28. The molecule has 1 aliphatic carbocycles. The normalized spacial score (nSPS) is 23.1. The van der Waals surface area contributed by atoms with E-state index in [9.17, 15) is 4.79 Å². The minimum atomic E-state index is -0.176. The van der Waals surface area contributed by atoms with Gasteiger partial charge in [-0.2, -0.15) is 0 Å². The van der Waals surface area contributed by atoms with Crippen LogP contribution >= 0.6 is 11.6 Å². The molecule has 1 aliphatic rings. The van der Waals surface area contributed by atoms with Crippen LogP contribution in [0.15, 0.2) is 12.3 Å². The zero-order chi connectivity index (χ0) is 13.8. The number of hydrogen-bond acceptors (Lipinski definition) is 3. The molecule has 0 unspecified atom stereocenters. The molecule has 1 aromatic heterocycles. The molecule has 0 aliphatic heterocycles. The minimum absolute atomic E-state index is 0.176. The van der Waals surface area contributed by atoms with Crippen LogP contribution < -0.4 is 11.1 Å². The molecule has 2 rings (SSSR count). The zero-order valence-corrected chi connectivity index (χ0v) is 11.9. The molecule has 1 fully saturated rings. The smallest absolute Gasteiger partial charge is 0.254 e. The highest BCUT2D eigenvalue weighted by Crippen LogP contribution is 2.27. The molecule has 0 spiro atoms. The van der Waals surface area contributed by atoms with Crippen molar-refractivity contribution in [2.45, 2.75) is 45.1 Å². The van der Waals surface area contributed by atoms with Crippen LogP contribution in [0, 0.1) is 5.92 Å². The van der Waals surface area contributed by atoms with Gasteiger partial charge in [-0.25, -0.2) is 4.98 Å². The number of nitrogens with one attached hydrogen (secondary N) is 1. The molecule has 1 aromatic rings. The van der Waals surface area contributed by atoms with E-state index in [4.69, 9.17) is 17.3 Å². The van der Waals surface area contributed by atoms with Crippen LogP contribution in [0.2, 0.25) is 5.15 Å². The number of carbonyl (C=O) groups is 1. The van der Waals surface area contributed by atoms with Crippen molar-refractivity contribution in [3.63, 3.8) is 0 Å². The summed E-state index contributed by atoms with van der Waals surface area (Å²) in [5, 5.41) is 3.23. The minimum Gasteiger partial charge on any atom is -0.397 e. The summed E-state index contributed by atoms with van der Waals surface area (Å²) >= 11 is 5.93. The molecule has 1 saturated carbocycles. The highest BCUT2D eigenvalue weighted by Gasteiger charge is 2.22. The van der Waals surface area contributed by atoms with Crippen molar-refractivity contribution in [2.75, 3.05) is 5.73 Å². The summed E-state index contributed by atoms with van der Waals surface area (Å²) in [5.41, 5.74) is 6.44. The maximum absolute atomic E-state index is 12.1. The average molecular weight is 282 g/mol. The van der Waals surface area contributed by atoms with Crippen molar-refractivity contribution in [1.82, 2.24) is 10.3 Å². The van der Waals surface area contributed by atoms with E-state index in [0.29, 0.717) is 11.3 Å². The Balaban J connectivity index is 1.96. The molecular formula is C14H20ClN3O. The number of amides is 1. The highest BCUT2D eigenvalue weighted by molar-refractivity contribution is 6.32. The molecule has 0 atom stereocenters. The van der Waals surface area contributed by atoms with E-state index in [1.54, 1.807) is 6.07 Å². The van der Waals surface area contributed by atoms with Crippen LogP contribution in [0.3, 0.4) is 0 Å².